The average Bonchev–Trinajstić information content (AvgIpc) is 2.96. The molecule has 0 saturated heterocycles. The van der Waals surface area contributed by atoms with E-state index in [0.717, 1.165) is 32.5 Å². The molecule has 0 N–H and O–H groups in total. The van der Waals surface area contributed by atoms with E-state index in [2.05, 4.69) is 64.2 Å². The lowest BCUT2D eigenvalue weighted by atomic mass is 10.1. The molecule has 136 valence electrons. The van der Waals surface area contributed by atoms with E-state index < -0.39 is 0 Å². The van der Waals surface area contributed by atoms with Crippen molar-refractivity contribution >= 4 is 27.7 Å². The normalized spacial score (nSPS) is 12.2. The molecule has 0 aliphatic rings. The molecule has 0 radical (unpaired) electrons. The van der Waals surface area contributed by atoms with Crippen LogP contribution in [0.15, 0.2) is 52.1 Å². The number of benzene rings is 2. The van der Waals surface area contributed by atoms with Crippen LogP contribution in [0, 0.1) is 13.8 Å². The van der Waals surface area contributed by atoms with Gasteiger partial charge in [-0.1, -0.05) is 57.5 Å². The highest BCUT2D eigenvalue weighted by molar-refractivity contribution is 9.10. The molecular formula is C20H22BrN3OS. The van der Waals surface area contributed by atoms with E-state index in [9.17, 15) is 0 Å². The third-order valence-electron chi connectivity index (χ3n) is 4.12. The topological polar surface area (TPSA) is 39.9 Å². The van der Waals surface area contributed by atoms with Gasteiger partial charge in [0.2, 0.25) is 0 Å². The maximum atomic E-state index is 6.12. The van der Waals surface area contributed by atoms with Crippen molar-refractivity contribution in [2.24, 2.45) is 7.05 Å². The van der Waals surface area contributed by atoms with Gasteiger partial charge in [0, 0.05) is 17.3 Å². The van der Waals surface area contributed by atoms with E-state index in [1.165, 1.54) is 11.1 Å². The second-order valence-electron chi connectivity index (χ2n) is 6.35. The summed E-state index contributed by atoms with van der Waals surface area (Å²) in [5, 5.41) is 9.57. The molecule has 0 aliphatic heterocycles. The van der Waals surface area contributed by atoms with Crippen LogP contribution < -0.4 is 4.74 Å². The van der Waals surface area contributed by atoms with Gasteiger partial charge in [-0.2, -0.15) is 0 Å². The van der Waals surface area contributed by atoms with Crippen LogP contribution in [0.4, 0.5) is 0 Å². The molecule has 0 bridgehead atoms. The van der Waals surface area contributed by atoms with E-state index in [4.69, 9.17) is 4.74 Å². The van der Waals surface area contributed by atoms with Crippen molar-refractivity contribution in [3.8, 4) is 5.75 Å². The maximum Gasteiger partial charge on any atom is 0.191 e. The number of nitrogens with zero attached hydrogens (tertiary/aromatic N) is 3. The summed E-state index contributed by atoms with van der Waals surface area (Å²) in [5.74, 6) is 2.55. The Bertz CT molecular complexity index is 910. The highest BCUT2D eigenvalue weighted by Gasteiger charge is 2.18. The Labute approximate surface area is 167 Å². The van der Waals surface area contributed by atoms with Crippen molar-refractivity contribution in [2.45, 2.75) is 37.8 Å². The van der Waals surface area contributed by atoms with E-state index in [0.29, 0.717) is 0 Å². The Balaban J connectivity index is 1.69. The molecule has 3 aromatic rings. The second kappa shape index (κ2) is 8.27. The van der Waals surface area contributed by atoms with Gasteiger partial charge in [0.25, 0.3) is 0 Å². The van der Waals surface area contributed by atoms with Crippen LogP contribution in [-0.4, -0.2) is 14.8 Å². The molecule has 0 fully saturated rings. The molecule has 0 amide bonds. The third kappa shape index (κ3) is 4.48. The molecule has 0 aliphatic carbocycles. The van der Waals surface area contributed by atoms with Gasteiger partial charge in [-0.25, -0.2) is 0 Å². The largest absolute Gasteiger partial charge is 0.482 e. The molecule has 1 heterocycles. The summed E-state index contributed by atoms with van der Waals surface area (Å²) in [6.45, 7) is 6.15. The summed E-state index contributed by atoms with van der Waals surface area (Å²) in [6.07, 6.45) is -0.172. The molecule has 4 nitrogen and oxygen atoms in total. The summed E-state index contributed by atoms with van der Waals surface area (Å²) in [4.78, 5) is 0. The minimum absolute atomic E-state index is 0.172. The fourth-order valence-electron chi connectivity index (χ4n) is 2.76. The van der Waals surface area contributed by atoms with E-state index >= 15 is 0 Å². The van der Waals surface area contributed by atoms with Crippen LogP contribution in [0.3, 0.4) is 0 Å². The monoisotopic (exact) mass is 431 g/mol. The second-order valence-corrected chi connectivity index (χ2v) is 8.21. The average molecular weight is 432 g/mol. The minimum Gasteiger partial charge on any atom is -0.482 e. The molecule has 1 unspecified atom stereocenters. The predicted octanol–water partition coefficient (Wildman–Crippen LogP) is 5.63. The van der Waals surface area contributed by atoms with Gasteiger partial charge < -0.3 is 9.30 Å². The zero-order chi connectivity index (χ0) is 18.7. The van der Waals surface area contributed by atoms with E-state index in [1.807, 2.05) is 36.7 Å². The lowest BCUT2D eigenvalue weighted by molar-refractivity contribution is 0.210. The number of hydrogen-bond acceptors (Lipinski definition) is 4. The standard InChI is InChI=1S/C20H22BrN3OS/c1-13-8-9-18(14(2)10-13)25-15(3)19-22-23-20(24(19)4)26-12-16-6-5-7-17(21)11-16/h5-11,15H,12H2,1-4H3. The Morgan fingerprint density at radius 2 is 1.96 bits per heavy atom. The number of rotatable bonds is 6. The van der Waals surface area contributed by atoms with Crippen molar-refractivity contribution < 1.29 is 4.74 Å². The fourth-order valence-corrected chi connectivity index (χ4v) is 4.06. The van der Waals surface area contributed by atoms with Crippen molar-refractivity contribution in [1.29, 1.82) is 0 Å². The quantitative estimate of drug-likeness (QED) is 0.474. The van der Waals surface area contributed by atoms with Gasteiger partial charge in [-0.05, 0) is 50.1 Å². The summed E-state index contributed by atoms with van der Waals surface area (Å²) in [5.41, 5.74) is 3.60. The van der Waals surface area contributed by atoms with Crippen LogP contribution in [0.25, 0.3) is 0 Å². The van der Waals surface area contributed by atoms with Crippen molar-refractivity contribution in [2.75, 3.05) is 0 Å². The molecule has 2 aromatic carbocycles. The Morgan fingerprint density at radius 3 is 2.69 bits per heavy atom. The first-order valence-electron chi connectivity index (χ1n) is 8.44. The van der Waals surface area contributed by atoms with Crippen LogP contribution >= 0.6 is 27.7 Å². The summed E-state index contributed by atoms with van der Waals surface area (Å²) >= 11 is 5.18. The molecule has 6 heteroatoms. The third-order valence-corrected chi connectivity index (χ3v) is 5.71. The minimum atomic E-state index is -0.172. The number of hydrogen-bond donors (Lipinski definition) is 0. The first-order chi connectivity index (χ1) is 12.4. The molecule has 3 rings (SSSR count). The van der Waals surface area contributed by atoms with Gasteiger partial charge in [-0.15, -0.1) is 10.2 Å². The fraction of sp³-hybridized carbons (Fsp3) is 0.300. The van der Waals surface area contributed by atoms with Gasteiger partial charge in [-0.3, -0.25) is 0 Å². The van der Waals surface area contributed by atoms with E-state index in [1.54, 1.807) is 11.8 Å². The molecule has 0 saturated carbocycles. The number of thioether (sulfide) groups is 1. The van der Waals surface area contributed by atoms with Crippen LogP contribution in [0.1, 0.15) is 35.5 Å². The van der Waals surface area contributed by atoms with E-state index in [-0.39, 0.29) is 6.10 Å². The highest BCUT2D eigenvalue weighted by atomic mass is 79.9. The summed E-state index contributed by atoms with van der Waals surface area (Å²) in [7, 11) is 1.99. The van der Waals surface area contributed by atoms with Crippen LogP contribution in [0.2, 0.25) is 0 Å². The van der Waals surface area contributed by atoms with Crippen LogP contribution in [0.5, 0.6) is 5.75 Å². The zero-order valence-electron chi connectivity index (χ0n) is 15.4. The molecular weight excluding hydrogens is 410 g/mol. The molecule has 0 spiro atoms. The lowest BCUT2D eigenvalue weighted by Crippen LogP contribution is -2.10. The lowest BCUT2D eigenvalue weighted by Gasteiger charge is -2.16. The Kier molecular flexibility index (Phi) is 6.04. The number of aryl methyl sites for hydroxylation is 2. The maximum absolute atomic E-state index is 6.12. The zero-order valence-corrected chi connectivity index (χ0v) is 17.8. The Morgan fingerprint density at radius 1 is 1.15 bits per heavy atom. The summed E-state index contributed by atoms with van der Waals surface area (Å²) < 4.78 is 9.22. The van der Waals surface area contributed by atoms with Gasteiger partial charge in [0.15, 0.2) is 17.1 Å². The van der Waals surface area contributed by atoms with Gasteiger partial charge in [0.1, 0.15) is 5.75 Å². The van der Waals surface area contributed by atoms with Gasteiger partial charge in [0.05, 0.1) is 0 Å². The van der Waals surface area contributed by atoms with Gasteiger partial charge >= 0.3 is 0 Å². The molecule has 26 heavy (non-hydrogen) atoms. The van der Waals surface area contributed by atoms with Crippen molar-refractivity contribution in [3.63, 3.8) is 0 Å². The SMILES string of the molecule is Cc1ccc(OC(C)c2nnc(SCc3cccc(Br)c3)n2C)c(C)c1. The van der Waals surface area contributed by atoms with Crippen molar-refractivity contribution in [1.82, 2.24) is 14.8 Å². The Hall–Kier alpha value is -1.79. The highest BCUT2D eigenvalue weighted by Crippen LogP contribution is 2.28. The molecule has 1 atom stereocenters. The number of halogens is 1. The molecule has 1 aromatic heterocycles. The van der Waals surface area contributed by atoms with Crippen LogP contribution in [-0.2, 0) is 12.8 Å². The summed E-state index contributed by atoms with van der Waals surface area (Å²) in [6, 6.07) is 14.5. The number of aromatic nitrogens is 3. The predicted molar refractivity (Wildman–Crippen MR) is 110 cm³/mol. The first-order valence-corrected chi connectivity index (χ1v) is 10.2. The van der Waals surface area contributed by atoms with Crippen molar-refractivity contribution in [3.05, 3.63) is 69.5 Å². The number of ether oxygens (including phenoxy) is 1. The smallest absolute Gasteiger partial charge is 0.191 e. The first kappa shape index (κ1) is 19.0.